The van der Waals surface area contributed by atoms with E-state index in [9.17, 15) is 0 Å². The smallest absolute Gasteiger partial charge is 0.0452 e. The monoisotopic (exact) mass is 237 g/mol. The normalized spacial score (nSPS) is 20.8. The van der Waals surface area contributed by atoms with Gasteiger partial charge in [0.1, 0.15) is 0 Å². The van der Waals surface area contributed by atoms with Crippen LogP contribution in [0.15, 0.2) is 54.6 Å². The molecule has 0 spiro atoms. The number of hydrogen-bond acceptors (Lipinski definition) is 1. The number of nitrogens with zero attached hydrogens (tertiary/aromatic N) is 1. The maximum absolute atomic E-state index is 2.45. The summed E-state index contributed by atoms with van der Waals surface area (Å²) in [6.45, 7) is 6.98. The third-order valence-electron chi connectivity index (χ3n) is 4.32. The molecule has 0 fully saturated rings. The van der Waals surface area contributed by atoms with Crippen molar-refractivity contribution in [1.29, 1.82) is 0 Å². The Morgan fingerprint density at radius 1 is 0.889 bits per heavy atom. The lowest BCUT2D eigenvalue weighted by molar-refractivity contribution is 0.462. The first-order valence-electron chi connectivity index (χ1n) is 6.56. The van der Waals surface area contributed by atoms with Crippen LogP contribution in [0.5, 0.6) is 0 Å². The molecule has 3 rings (SSSR count). The van der Waals surface area contributed by atoms with Crippen molar-refractivity contribution < 1.29 is 0 Å². The molecule has 92 valence electrons. The van der Waals surface area contributed by atoms with Crippen LogP contribution in [0, 0.1) is 0 Å². The van der Waals surface area contributed by atoms with Gasteiger partial charge in [-0.2, -0.15) is 0 Å². The number of fused-ring (bicyclic) bond motifs is 1. The molecule has 1 heterocycles. The average molecular weight is 237 g/mol. The van der Waals surface area contributed by atoms with Crippen molar-refractivity contribution in [3.8, 4) is 0 Å². The number of hydrogen-bond donors (Lipinski definition) is 0. The molecular weight excluding hydrogens is 218 g/mol. The van der Waals surface area contributed by atoms with Gasteiger partial charge in [-0.1, -0.05) is 50.2 Å². The quantitative estimate of drug-likeness (QED) is 0.705. The van der Waals surface area contributed by atoms with Gasteiger partial charge in [-0.3, -0.25) is 0 Å². The Balaban J connectivity index is 2.18. The lowest BCUT2D eigenvalue weighted by Crippen LogP contribution is -2.36. The molecule has 0 N–H and O–H groups in total. The Bertz CT molecular complexity index is 557. The third-order valence-corrected chi connectivity index (χ3v) is 4.32. The molecular formula is C17H19N. The molecule has 18 heavy (non-hydrogen) atoms. The summed E-state index contributed by atoms with van der Waals surface area (Å²) in [5.74, 6) is 0. The van der Waals surface area contributed by atoms with Gasteiger partial charge in [-0.25, -0.2) is 0 Å². The fourth-order valence-corrected chi connectivity index (χ4v) is 2.94. The maximum Gasteiger partial charge on any atom is 0.0452 e. The van der Waals surface area contributed by atoms with Crippen molar-refractivity contribution in [3.63, 3.8) is 0 Å². The summed E-state index contributed by atoms with van der Waals surface area (Å²) in [5, 5.41) is 0. The van der Waals surface area contributed by atoms with Crippen molar-refractivity contribution in [1.82, 2.24) is 0 Å². The lowest BCUT2D eigenvalue weighted by atomic mass is 9.81. The van der Waals surface area contributed by atoms with Crippen LogP contribution >= 0.6 is 0 Å². The molecule has 1 nitrogen and oxygen atoms in total. The first kappa shape index (κ1) is 11.3. The fourth-order valence-electron chi connectivity index (χ4n) is 2.94. The Morgan fingerprint density at radius 3 is 2.22 bits per heavy atom. The predicted octanol–water partition coefficient (Wildman–Crippen LogP) is 4.50. The van der Waals surface area contributed by atoms with Crippen molar-refractivity contribution in [2.75, 3.05) is 4.90 Å². The highest BCUT2D eigenvalue weighted by atomic mass is 15.2. The molecule has 1 aliphatic heterocycles. The minimum absolute atomic E-state index is 0.187. The second-order valence-electron chi connectivity index (χ2n) is 5.62. The summed E-state index contributed by atoms with van der Waals surface area (Å²) < 4.78 is 0. The van der Waals surface area contributed by atoms with E-state index in [1.807, 2.05) is 0 Å². The minimum atomic E-state index is 0.187. The summed E-state index contributed by atoms with van der Waals surface area (Å²) >= 11 is 0. The van der Waals surface area contributed by atoms with E-state index in [0.29, 0.717) is 6.04 Å². The number of rotatable bonds is 1. The van der Waals surface area contributed by atoms with Gasteiger partial charge in [0.25, 0.3) is 0 Å². The maximum atomic E-state index is 2.45. The minimum Gasteiger partial charge on any atom is -0.338 e. The molecule has 0 radical (unpaired) electrons. The summed E-state index contributed by atoms with van der Waals surface area (Å²) in [7, 11) is 0. The van der Waals surface area contributed by atoms with Gasteiger partial charge in [0.15, 0.2) is 0 Å². The lowest BCUT2D eigenvalue weighted by Gasteiger charge is -2.31. The van der Waals surface area contributed by atoms with E-state index in [0.717, 1.165) is 0 Å². The molecule has 1 aliphatic rings. The van der Waals surface area contributed by atoms with Crippen LogP contribution in [-0.2, 0) is 5.41 Å². The Hall–Kier alpha value is -1.76. The Kier molecular flexibility index (Phi) is 2.44. The van der Waals surface area contributed by atoms with Gasteiger partial charge in [-0.15, -0.1) is 0 Å². The zero-order chi connectivity index (χ0) is 12.8. The van der Waals surface area contributed by atoms with E-state index in [2.05, 4.69) is 80.3 Å². The highest BCUT2D eigenvalue weighted by Crippen LogP contribution is 2.48. The Labute approximate surface area is 109 Å². The zero-order valence-corrected chi connectivity index (χ0v) is 11.2. The van der Waals surface area contributed by atoms with Gasteiger partial charge >= 0.3 is 0 Å². The summed E-state index contributed by atoms with van der Waals surface area (Å²) in [5.41, 5.74) is 4.26. The van der Waals surface area contributed by atoms with Gasteiger partial charge in [0.05, 0.1) is 0 Å². The van der Waals surface area contributed by atoms with Crippen LogP contribution in [-0.4, -0.2) is 6.04 Å². The molecule has 0 aromatic heterocycles. The standard InChI is InChI=1S/C17H19N/c1-13-17(2,3)15-11-7-8-12-16(15)18(13)14-9-5-4-6-10-14/h4-13H,1-3H3. The highest BCUT2D eigenvalue weighted by Gasteiger charge is 2.41. The molecule has 0 aliphatic carbocycles. The summed E-state index contributed by atoms with van der Waals surface area (Å²) in [4.78, 5) is 2.45. The van der Waals surface area contributed by atoms with Gasteiger partial charge in [0.2, 0.25) is 0 Å². The van der Waals surface area contributed by atoms with Gasteiger partial charge in [-0.05, 0) is 30.7 Å². The SMILES string of the molecule is CC1N(c2ccccc2)c2ccccc2C1(C)C. The molecule has 0 amide bonds. The zero-order valence-electron chi connectivity index (χ0n) is 11.2. The second kappa shape index (κ2) is 3.88. The third kappa shape index (κ3) is 1.47. The summed E-state index contributed by atoms with van der Waals surface area (Å²) in [6.07, 6.45) is 0. The van der Waals surface area contributed by atoms with E-state index in [1.165, 1.54) is 16.9 Å². The molecule has 0 saturated carbocycles. The molecule has 1 heteroatoms. The Morgan fingerprint density at radius 2 is 1.50 bits per heavy atom. The van der Waals surface area contributed by atoms with E-state index < -0.39 is 0 Å². The second-order valence-corrected chi connectivity index (χ2v) is 5.62. The molecule has 1 unspecified atom stereocenters. The fraction of sp³-hybridized carbons (Fsp3) is 0.294. The van der Waals surface area contributed by atoms with Crippen LogP contribution in [0.1, 0.15) is 26.3 Å². The van der Waals surface area contributed by atoms with Gasteiger partial charge in [0, 0.05) is 22.8 Å². The molecule has 2 aromatic carbocycles. The number of anilines is 2. The average Bonchev–Trinajstić information content (AvgIpc) is 2.60. The van der Waals surface area contributed by atoms with E-state index in [1.54, 1.807) is 0 Å². The van der Waals surface area contributed by atoms with Crippen LogP contribution in [0.2, 0.25) is 0 Å². The van der Waals surface area contributed by atoms with Crippen molar-refractivity contribution >= 4 is 11.4 Å². The van der Waals surface area contributed by atoms with Crippen LogP contribution in [0.4, 0.5) is 11.4 Å². The number of para-hydroxylation sites is 2. The van der Waals surface area contributed by atoms with Crippen molar-refractivity contribution in [2.24, 2.45) is 0 Å². The molecule has 0 saturated heterocycles. The number of benzene rings is 2. The van der Waals surface area contributed by atoms with E-state index in [4.69, 9.17) is 0 Å². The predicted molar refractivity (Wildman–Crippen MR) is 77.5 cm³/mol. The first-order valence-corrected chi connectivity index (χ1v) is 6.56. The summed E-state index contributed by atoms with van der Waals surface area (Å²) in [6, 6.07) is 19.9. The largest absolute Gasteiger partial charge is 0.338 e. The van der Waals surface area contributed by atoms with Crippen LogP contribution in [0.3, 0.4) is 0 Å². The first-order chi connectivity index (χ1) is 8.62. The van der Waals surface area contributed by atoms with Crippen LogP contribution in [0.25, 0.3) is 0 Å². The molecule has 1 atom stereocenters. The molecule has 0 bridgehead atoms. The van der Waals surface area contributed by atoms with E-state index in [-0.39, 0.29) is 5.41 Å². The van der Waals surface area contributed by atoms with Crippen molar-refractivity contribution in [3.05, 3.63) is 60.2 Å². The topological polar surface area (TPSA) is 3.24 Å². The van der Waals surface area contributed by atoms with E-state index >= 15 is 0 Å². The molecule has 2 aromatic rings. The highest BCUT2D eigenvalue weighted by molar-refractivity contribution is 5.73. The van der Waals surface area contributed by atoms with Crippen LogP contribution < -0.4 is 4.90 Å². The van der Waals surface area contributed by atoms with Crippen molar-refractivity contribution in [2.45, 2.75) is 32.2 Å². The van der Waals surface area contributed by atoms with Gasteiger partial charge < -0.3 is 4.90 Å².